The van der Waals surface area contributed by atoms with Crippen LogP contribution in [0.5, 0.6) is 0 Å². The standard InChI is InChI=1S/2C19H18ClN3O5S.Na.H2O/c2*1-8-11(12(22-28-8)9-6-4-5-7-10(9)20)15(24)21-13-16(25)23-14(18(26)27)19(2,3)29-17(13)23;;/h2*4-7,13-14,17H,1-3H3,(H,21,24)(H,26,27);;1H2/q;;+1;/p-1/t2*13-,14+,17-;;/m11../s1. The number of nitrogens with one attached hydrogen (secondary N) is 2. The Hall–Kier alpha value is -4.08. The van der Waals surface area contributed by atoms with Crippen molar-refractivity contribution in [1.82, 2.24) is 30.7 Å². The molecule has 0 aliphatic carbocycles. The second-order valence-corrected chi connectivity index (χ2v) is 19.3. The molecule has 22 heteroatoms. The van der Waals surface area contributed by atoms with Gasteiger partial charge in [0.15, 0.2) is 0 Å². The summed E-state index contributed by atoms with van der Waals surface area (Å²) in [5.74, 6) is -3.71. The van der Waals surface area contributed by atoms with E-state index in [1.54, 1.807) is 90.1 Å². The summed E-state index contributed by atoms with van der Waals surface area (Å²) < 4.78 is 9.01. The largest absolute Gasteiger partial charge is 1.00 e. The average Bonchev–Trinajstić information content (AvgIpc) is 3.87. The molecule has 312 valence electrons. The van der Waals surface area contributed by atoms with Gasteiger partial charge in [-0.1, -0.05) is 69.9 Å². The summed E-state index contributed by atoms with van der Waals surface area (Å²) in [5.41, 5.74) is 2.02. The molecule has 0 unspecified atom stereocenters. The fourth-order valence-corrected chi connectivity index (χ4v) is 11.3. The van der Waals surface area contributed by atoms with Crippen molar-refractivity contribution < 1.29 is 83.1 Å². The molecule has 0 saturated carbocycles. The fourth-order valence-electron chi connectivity index (χ4n) is 7.65. The molecule has 4 aromatic rings. The number of carbonyl (C=O) groups is 6. The number of nitrogens with zero attached hydrogens (tertiary/aromatic N) is 4. The summed E-state index contributed by atoms with van der Waals surface area (Å²) in [5, 5.41) is 34.3. The summed E-state index contributed by atoms with van der Waals surface area (Å²) in [6, 6.07) is 10.2. The zero-order chi connectivity index (χ0) is 42.2. The number of thioether (sulfide) groups is 2. The van der Waals surface area contributed by atoms with Gasteiger partial charge < -0.3 is 50.0 Å². The molecule has 60 heavy (non-hydrogen) atoms. The molecular weight excluding hydrogens is 874 g/mol. The van der Waals surface area contributed by atoms with Crippen LogP contribution < -0.4 is 45.3 Å². The van der Waals surface area contributed by atoms with Crippen LogP contribution in [0.2, 0.25) is 10.0 Å². The summed E-state index contributed by atoms with van der Waals surface area (Å²) in [6.07, 6.45) is 0. The number of fused-ring (bicyclic) bond motifs is 2. The number of aromatic nitrogens is 2. The van der Waals surface area contributed by atoms with Crippen molar-refractivity contribution in [3.05, 3.63) is 81.2 Å². The molecule has 4 fully saturated rings. The monoisotopic (exact) mass is 910 g/mol. The van der Waals surface area contributed by atoms with E-state index in [-0.39, 0.29) is 63.3 Å². The van der Waals surface area contributed by atoms with Gasteiger partial charge in [0.25, 0.3) is 11.8 Å². The van der Waals surface area contributed by atoms with Gasteiger partial charge in [0, 0.05) is 20.6 Å². The Kier molecular flexibility index (Phi) is 13.6. The van der Waals surface area contributed by atoms with Gasteiger partial charge in [0.05, 0.1) is 22.1 Å². The van der Waals surface area contributed by atoms with Crippen molar-refractivity contribution >= 4 is 82.3 Å². The van der Waals surface area contributed by atoms with E-state index in [1.165, 1.54) is 33.3 Å². The number of aryl methyl sites for hydroxylation is 2. The van der Waals surface area contributed by atoms with Crippen molar-refractivity contribution in [3.8, 4) is 22.5 Å². The molecule has 4 amide bonds. The maximum atomic E-state index is 13.0. The van der Waals surface area contributed by atoms with Gasteiger partial charge in [0.1, 0.15) is 62.9 Å². The Bertz CT molecular complexity index is 2250. The first-order valence-electron chi connectivity index (χ1n) is 17.7. The molecule has 4 aliphatic rings. The van der Waals surface area contributed by atoms with E-state index >= 15 is 0 Å². The van der Waals surface area contributed by atoms with Gasteiger partial charge in [-0.2, -0.15) is 0 Å². The van der Waals surface area contributed by atoms with E-state index in [1.807, 2.05) is 0 Å². The van der Waals surface area contributed by atoms with Gasteiger partial charge >= 0.3 is 35.5 Å². The van der Waals surface area contributed by atoms with E-state index in [0.717, 1.165) is 0 Å². The smallest absolute Gasteiger partial charge is 0.548 e. The van der Waals surface area contributed by atoms with Crippen molar-refractivity contribution in [2.45, 2.75) is 86.0 Å². The van der Waals surface area contributed by atoms with Crippen molar-refractivity contribution in [3.63, 3.8) is 0 Å². The Morgan fingerprint density at radius 1 is 0.733 bits per heavy atom. The van der Waals surface area contributed by atoms with E-state index in [9.17, 15) is 39.0 Å². The summed E-state index contributed by atoms with van der Waals surface area (Å²) in [4.78, 5) is 76.9. The zero-order valence-electron chi connectivity index (χ0n) is 33.1. The Morgan fingerprint density at radius 3 is 1.47 bits per heavy atom. The van der Waals surface area contributed by atoms with E-state index in [2.05, 4.69) is 20.9 Å². The van der Waals surface area contributed by atoms with Crippen LogP contribution in [0.3, 0.4) is 0 Å². The molecular formula is C38H37Cl2N6NaO11S2. The SMILES string of the molecule is Cc1onc(-c2ccccc2Cl)c1C(=O)N[C@@H]1C(=O)N2[C@@H]1SC(C)(C)[C@@H]2C(=O)O.Cc1onc(-c2ccccc2Cl)c1C(=O)N[C@@H]1C(=O)N2[C@@H]1SC(C)(C)[C@@H]2C(=O)[O-].O.[Na+]. The van der Waals surface area contributed by atoms with Crippen LogP contribution in [0.4, 0.5) is 0 Å². The second-order valence-electron chi connectivity index (χ2n) is 15.0. The second kappa shape index (κ2) is 17.4. The van der Waals surface area contributed by atoms with Crippen molar-refractivity contribution in [1.29, 1.82) is 0 Å². The van der Waals surface area contributed by atoms with Crippen LogP contribution in [-0.4, -0.2) is 111 Å². The van der Waals surface area contributed by atoms with Gasteiger partial charge in [-0.15, -0.1) is 23.5 Å². The number of rotatable bonds is 8. The molecule has 8 rings (SSSR count). The predicted molar refractivity (Wildman–Crippen MR) is 214 cm³/mol. The first-order valence-corrected chi connectivity index (χ1v) is 20.3. The molecule has 0 bridgehead atoms. The predicted octanol–water partition coefficient (Wildman–Crippen LogP) is -0.0580. The van der Waals surface area contributed by atoms with E-state index < -0.39 is 80.0 Å². The number of amides is 4. The van der Waals surface area contributed by atoms with Crippen LogP contribution in [0, 0.1) is 13.8 Å². The molecule has 5 N–H and O–H groups in total. The quantitative estimate of drug-likeness (QED) is 0.155. The normalized spacial score (nSPS) is 23.9. The third kappa shape index (κ3) is 7.94. The number of β-lactam (4-membered cyclic amide) rings is 2. The van der Waals surface area contributed by atoms with E-state index in [4.69, 9.17) is 32.2 Å². The molecule has 0 radical (unpaired) electrons. The zero-order valence-corrected chi connectivity index (χ0v) is 38.2. The number of carbonyl (C=O) groups excluding carboxylic acids is 5. The molecule has 0 spiro atoms. The fraction of sp³-hybridized carbons (Fsp3) is 0.368. The van der Waals surface area contributed by atoms with Gasteiger partial charge in [-0.3, -0.25) is 19.2 Å². The molecule has 2 aromatic carbocycles. The summed E-state index contributed by atoms with van der Waals surface area (Å²) in [7, 11) is 0. The Balaban J connectivity index is 0.000000220. The minimum atomic E-state index is -1.31. The maximum absolute atomic E-state index is 13.0. The Morgan fingerprint density at radius 2 is 1.10 bits per heavy atom. The van der Waals surface area contributed by atoms with Crippen LogP contribution >= 0.6 is 46.7 Å². The number of carboxylic acid groups (broad SMARTS) is 2. The number of hydrogen-bond donors (Lipinski definition) is 3. The number of benzene rings is 2. The third-order valence-electron chi connectivity index (χ3n) is 10.3. The van der Waals surface area contributed by atoms with Gasteiger partial charge in [-0.05, 0) is 53.7 Å². The minimum absolute atomic E-state index is 0. The molecule has 4 saturated heterocycles. The molecule has 17 nitrogen and oxygen atoms in total. The first kappa shape index (κ1) is 47.0. The minimum Gasteiger partial charge on any atom is -0.548 e. The number of hydrogen-bond acceptors (Lipinski definition) is 13. The third-order valence-corrected chi connectivity index (χ3v) is 14.2. The van der Waals surface area contributed by atoms with Gasteiger partial charge in [0.2, 0.25) is 11.8 Å². The van der Waals surface area contributed by atoms with Crippen molar-refractivity contribution in [2.75, 3.05) is 0 Å². The van der Waals surface area contributed by atoms with Crippen molar-refractivity contribution in [2.24, 2.45) is 0 Å². The summed E-state index contributed by atoms with van der Waals surface area (Å²) in [6.45, 7) is 10.2. The van der Waals surface area contributed by atoms with Crippen LogP contribution in [0.1, 0.15) is 59.9 Å². The number of aliphatic carboxylic acids is 2. The topological polar surface area (TPSA) is 260 Å². The van der Waals surface area contributed by atoms with Gasteiger partial charge in [-0.25, -0.2) is 4.79 Å². The maximum Gasteiger partial charge on any atom is 1.00 e. The molecule has 6 atom stereocenters. The summed E-state index contributed by atoms with van der Waals surface area (Å²) >= 11 is 15.1. The molecule has 2 aromatic heterocycles. The van der Waals surface area contributed by atoms with Crippen LogP contribution in [0.15, 0.2) is 57.6 Å². The molecule has 4 aliphatic heterocycles. The number of halogens is 2. The average molecular weight is 912 g/mol. The molecule has 6 heterocycles. The Labute approximate surface area is 383 Å². The van der Waals surface area contributed by atoms with Crippen LogP contribution in [-0.2, 0) is 19.2 Å². The first-order chi connectivity index (χ1) is 27.3. The van der Waals surface area contributed by atoms with Crippen LogP contribution in [0.25, 0.3) is 22.5 Å². The van der Waals surface area contributed by atoms with E-state index in [0.29, 0.717) is 26.9 Å². The number of carboxylic acids is 2.